The molecular formula is C12H11Cl2N. The van der Waals surface area contributed by atoms with Crippen molar-refractivity contribution in [2.24, 2.45) is 4.99 Å². The van der Waals surface area contributed by atoms with Gasteiger partial charge in [0, 0.05) is 17.4 Å². The van der Waals surface area contributed by atoms with Crippen molar-refractivity contribution in [2.75, 3.05) is 12.4 Å². The quantitative estimate of drug-likeness (QED) is 0.699. The second kappa shape index (κ2) is 4.82. The number of benzene rings is 1. The summed E-state index contributed by atoms with van der Waals surface area (Å²) in [6.07, 6.45) is 3.04. The van der Waals surface area contributed by atoms with Crippen molar-refractivity contribution in [3.8, 4) is 0 Å². The molecule has 3 heteroatoms. The fourth-order valence-electron chi connectivity index (χ4n) is 1.53. The molecule has 0 saturated carbocycles. The minimum atomic E-state index is 0.590. The van der Waals surface area contributed by atoms with Crippen LogP contribution < -0.4 is 0 Å². The molecule has 0 spiro atoms. The van der Waals surface area contributed by atoms with Crippen molar-refractivity contribution < 1.29 is 0 Å². The first-order valence-corrected chi connectivity index (χ1v) is 5.76. The molecule has 0 amide bonds. The first-order chi connectivity index (χ1) is 7.29. The number of alkyl halides is 1. The molecule has 0 N–H and O–H groups in total. The van der Waals surface area contributed by atoms with Crippen molar-refractivity contribution in [1.29, 1.82) is 0 Å². The van der Waals surface area contributed by atoms with Crippen LogP contribution >= 0.6 is 23.2 Å². The zero-order valence-electron chi connectivity index (χ0n) is 8.21. The zero-order valence-corrected chi connectivity index (χ0v) is 9.72. The Labute approximate surface area is 99.4 Å². The summed E-state index contributed by atoms with van der Waals surface area (Å²) in [5.74, 6) is 0.590. The molecule has 0 aromatic heterocycles. The molecule has 2 rings (SSSR count). The molecule has 0 bridgehead atoms. The van der Waals surface area contributed by atoms with Crippen LogP contribution in [0.4, 0.5) is 0 Å². The first kappa shape index (κ1) is 10.7. The van der Waals surface area contributed by atoms with E-state index < -0.39 is 0 Å². The van der Waals surface area contributed by atoms with Crippen LogP contribution in [0.25, 0.3) is 0 Å². The van der Waals surface area contributed by atoms with Gasteiger partial charge in [-0.2, -0.15) is 0 Å². The third kappa shape index (κ3) is 2.61. The average molecular weight is 240 g/mol. The number of rotatable bonds is 2. The summed E-state index contributed by atoms with van der Waals surface area (Å²) < 4.78 is 0. The SMILES string of the molecule is ClCC1=CC(c2ccc(Cl)cc2)=NCC1. The van der Waals surface area contributed by atoms with Gasteiger partial charge in [-0.3, -0.25) is 4.99 Å². The highest BCUT2D eigenvalue weighted by atomic mass is 35.5. The molecule has 1 heterocycles. The van der Waals surface area contributed by atoms with Crippen LogP contribution in [0.2, 0.25) is 5.02 Å². The third-order valence-corrected chi connectivity index (χ3v) is 2.96. The van der Waals surface area contributed by atoms with Gasteiger partial charge in [0.1, 0.15) is 0 Å². The second-order valence-corrected chi connectivity index (χ2v) is 4.16. The van der Waals surface area contributed by atoms with Gasteiger partial charge in [-0.05, 0) is 30.2 Å². The number of aliphatic imine (C=N–C) groups is 1. The van der Waals surface area contributed by atoms with E-state index in [1.807, 2.05) is 24.3 Å². The monoisotopic (exact) mass is 239 g/mol. The van der Waals surface area contributed by atoms with Gasteiger partial charge in [0.05, 0.1) is 5.71 Å². The normalized spacial score (nSPS) is 15.9. The van der Waals surface area contributed by atoms with Gasteiger partial charge in [-0.1, -0.05) is 29.3 Å². The number of hydrogen-bond donors (Lipinski definition) is 0. The van der Waals surface area contributed by atoms with Crippen LogP contribution in [0.15, 0.2) is 40.9 Å². The Bertz CT molecular complexity index is 404. The third-order valence-electron chi connectivity index (χ3n) is 2.37. The first-order valence-electron chi connectivity index (χ1n) is 4.85. The lowest BCUT2D eigenvalue weighted by molar-refractivity contribution is 0.938. The maximum Gasteiger partial charge on any atom is 0.0646 e. The van der Waals surface area contributed by atoms with E-state index in [1.54, 1.807) is 0 Å². The molecule has 1 aromatic carbocycles. The number of halogens is 2. The molecule has 0 aliphatic carbocycles. The van der Waals surface area contributed by atoms with Crippen LogP contribution in [0.3, 0.4) is 0 Å². The van der Waals surface area contributed by atoms with Crippen molar-refractivity contribution in [3.63, 3.8) is 0 Å². The second-order valence-electron chi connectivity index (χ2n) is 3.46. The van der Waals surface area contributed by atoms with Crippen LogP contribution in [0.1, 0.15) is 12.0 Å². The Morgan fingerprint density at radius 3 is 2.60 bits per heavy atom. The maximum atomic E-state index is 5.83. The highest BCUT2D eigenvalue weighted by molar-refractivity contribution is 6.30. The zero-order chi connectivity index (χ0) is 10.7. The highest BCUT2D eigenvalue weighted by Gasteiger charge is 2.07. The molecule has 78 valence electrons. The van der Waals surface area contributed by atoms with E-state index in [4.69, 9.17) is 23.2 Å². The molecule has 0 radical (unpaired) electrons. The van der Waals surface area contributed by atoms with Gasteiger partial charge in [0.2, 0.25) is 0 Å². The minimum Gasteiger partial charge on any atom is -0.284 e. The fraction of sp³-hybridized carbons (Fsp3) is 0.250. The van der Waals surface area contributed by atoms with Gasteiger partial charge in [0.25, 0.3) is 0 Å². The van der Waals surface area contributed by atoms with Gasteiger partial charge in [0.15, 0.2) is 0 Å². The lowest BCUT2D eigenvalue weighted by atomic mass is 10.0. The topological polar surface area (TPSA) is 12.4 Å². The molecule has 1 aliphatic rings. The van der Waals surface area contributed by atoms with Crippen molar-refractivity contribution in [1.82, 2.24) is 0 Å². The summed E-state index contributed by atoms with van der Waals surface area (Å²) >= 11 is 11.6. The number of allylic oxidation sites excluding steroid dienone is 1. The summed E-state index contributed by atoms with van der Waals surface area (Å²) in [5, 5.41) is 0.747. The molecular weight excluding hydrogens is 229 g/mol. The van der Waals surface area contributed by atoms with Crippen LogP contribution in [-0.2, 0) is 0 Å². The van der Waals surface area contributed by atoms with E-state index >= 15 is 0 Å². The lowest BCUT2D eigenvalue weighted by Gasteiger charge is -2.11. The van der Waals surface area contributed by atoms with E-state index in [0.717, 1.165) is 29.3 Å². The summed E-state index contributed by atoms with van der Waals surface area (Å²) in [6.45, 7) is 0.830. The van der Waals surface area contributed by atoms with E-state index in [2.05, 4.69) is 11.1 Å². The number of nitrogens with zero attached hydrogens (tertiary/aromatic N) is 1. The smallest absolute Gasteiger partial charge is 0.0646 e. The Morgan fingerprint density at radius 1 is 1.20 bits per heavy atom. The molecule has 0 saturated heterocycles. The van der Waals surface area contributed by atoms with Crippen molar-refractivity contribution in [3.05, 3.63) is 46.5 Å². The predicted octanol–water partition coefficient (Wildman–Crippen LogP) is 3.70. The van der Waals surface area contributed by atoms with E-state index in [1.165, 1.54) is 5.57 Å². The van der Waals surface area contributed by atoms with E-state index in [9.17, 15) is 0 Å². The Hall–Kier alpha value is -0.790. The van der Waals surface area contributed by atoms with E-state index in [-0.39, 0.29) is 0 Å². The number of hydrogen-bond acceptors (Lipinski definition) is 1. The molecule has 0 unspecified atom stereocenters. The van der Waals surface area contributed by atoms with Gasteiger partial charge in [-0.15, -0.1) is 11.6 Å². The Balaban J connectivity index is 2.28. The molecule has 15 heavy (non-hydrogen) atoms. The van der Waals surface area contributed by atoms with Gasteiger partial charge < -0.3 is 0 Å². The number of dihydropyridines is 1. The van der Waals surface area contributed by atoms with Gasteiger partial charge in [-0.25, -0.2) is 0 Å². The van der Waals surface area contributed by atoms with Gasteiger partial charge >= 0.3 is 0 Å². The van der Waals surface area contributed by atoms with Crippen LogP contribution in [0, 0.1) is 0 Å². The van der Waals surface area contributed by atoms with E-state index in [0.29, 0.717) is 5.88 Å². The molecule has 1 aromatic rings. The Kier molecular flexibility index (Phi) is 3.45. The predicted molar refractivity (Wildman–Crippen MR) is 66.3 cm³/mol. The van der Waals surface area contributed by atoms with Crippen LogP contribution in [0.5, 0.6) is 0 Å². The standard InChI is InChI=1S/C12H11Cl2N/c13-8-9-5-6-15-12(7-9)10-1-3-11(14)4-2-10/h1-4,7H,5-6,8H2. The minimum absolute atomic E-state index is 0.590. The molecule has 1 nitrogen and oxygen atoms in total. The summed E-state index contributed by atoms with van der Waals surface area (Å²) in [6, 6.07) is 7.72. The van der Waals surface area contributed by atoms with Crippen LogP contribution in [-0.4, -0.2) is 18.1 Å². The molecule has 0 atom stereocenters. The fourth-order valence-corrected chi connectivity index (χ4v) is 1.87. The summed E-state index contributed by atoms with van der Waals surface area (Å²) in [7, 11) is 0. The Morgan fingerprint density at radius 2 is 1.93 bits per heavy atom. The largest absolute Gasteiger partial charge is 0.284 e. The maximum absolute atomic E-state index is 5.83. The molecule has 0 fully saturated rings. The summed E-state index contributed by atoms with van der Waals surface area (Å²) in [5.41, 5.74) is 3.35. The summed E-state index contributed by atoms with van der Waals surface area (Å²) in [4.78, 5) is 4.47. The lowest BCUT2D eigenvalue weighted by Crippen LogP contribution is -2.06. The highest BCUT2D eigenvalue weighted by Crippen LogP contribution is 2.16. The average Bonchev–Trinajstić information content (AvgIpc) is 2.30. The molecule has 1 aliphatic heterocycles. The van der Waals surface area contributed by atoms with Crippen molar-refractivity contribution in [2.45, 2.75) is 6.42 Å². The van der Waals surface area contributed by atoms with Crippen molar-refractivity contribution >= 4 is 28.9 Å².